The third-order valence-corrected chi connectivity index (χ3v) is 5.69. The Kier molecular flexibility index (Phi) is 5.92. The van der Waals surface area contributed by atoms with Crippen LogP contribution in [0.5, 0.6) is 0 Å². The molecule has 1 heterocycles. The highest BCUT2D eigenvalue weighted by molar-refractivity contribution is 7.89. The molecule has 0 radical (unpaired) electrons. The van der Waals surface area contributed by atoms with Crippen LogP contribution in [0.3, 0.4) is 0 Å². The number of carbonyl (C=O) groups excluding carboxylic acids is 1. The standard InChI is InChI=1S/C16H22N2O4S/c1-3-7-17-16(19)14-6-5-13(4-2)15(12-14)23(20,21)18-8-10-22-11-9-18/h3,5-6,12H,1,4,7-11H2,2H3,(H,17,19). The zero-order valence-corrected chi connectivity index (χ0v) is 14.1. The van der Waals surface area contributed by atoms with Crippen LogP contribution in [0.1, 0.15) is 22.8 Å². The van der Waals surface area contributed by atoms with Gasteiger partial charge in [-0.15, -0.1) is 6.58 Å². The highest BCUT2D eigenvalue weighted by atomic mass is 32.2. The van der Waals surface area contributed by atoms with E-state index in [0.717, 1.165) is 0 Å². The molecular weight excluding hydrogens is 316 g/mol. The third kappa shape index (κ3) is 3.99. The van der Waals surface area contributed by atoms with Gasteiger partial charge in [0.1, 0.15) is 0 Å². The summed E-state index contributed by atoms with van der Waals surface area (Å²) in [5.74, 6) is -0.314. The van der Waals surface area contributed by atoms with Crippen LogP contribution in [0.15, 0.2) is 35.7 Å². The summed E-state index contributed by atoms with van der Waals surface area (Å²) in [5.41, 5.74) is 1.03. The average Bonchev–Trinajstić information content (AvgIpc) is 2.59. The van der Waals surface area contributed by atoms with Gasteiger partial charge in [-0.25, -0.2) is 8.42 Å². The van der Waals surface area contributed by atoms with E-state index in [1.165, 1.54) is 10.4 Å². The highest BCUT2D eigenvalue weighted by Crippen LogP contribution is 2.23. The molecule has 1 saturated heterocycles. The molecule has 0 bridgehead atoms. The number of hydrogen-bond acceptors (Lipinski definition) is 4. The Balaban J connectivity index is 2.38. The zero-order valence-electron chi connectivity index (χ0n) is 13.2. The SMILES string of the molecule is C=CCNC(=O)c1ccc(CC)c(S(=O)(=O)N2CCOCC2)c1. The summed E-state index contributed by atoms with van der Waals surface area (Å²) >= 11 is 0. The van der Waals surface area contributed by atoms with E-state index in [2.05, 4.69) is 11.9 Å². The topological polar surface area (TPSA) is 75.7 Å². The maximum Gasteiger partial charge on any atom is 0.251 e. The Morgan fingerprint density at radius 2 is 2.09 bits per heavy atom. The molecule has 1 aromatic rings. The van der Waals surface area contributed by atoms with Gasteiger partial charge in [-0.2, -0.15) is 4.31 Å². The molecule has 7 heteroatoms. The molecule has 0 atom stereocenters. The molecule has 1 aliphatic heterocycles. The smallest absolute Gasteiger partial charge is 0.251 e. The van der Waals surface area contributed by atoms with Gasteiger partial charge in [0.05, 0.1) is 18.1 Å². The minimum atomic E-state index is -3.63. The minimum Gasteiger partial charge on any atom is -0.379 e. The summed E-state index contributed by atoms with van der Waals surface area (Å²) in [6.07, 6.45) is 2.15. The van der Waals surface area contributed by atoms with Crippen molar-refractivity contribution in [3.8, 4) is 0 Å². The number of benzene rings is 1. The van der Waals surface area contributed by atoms with Crippen molar-refractivity contribution in [1.82, 2.24) is 9.62 Å². The van der Waals surface area contributed by atoms with Crippen molar-refractivity contribution in [2.24, 2.45) is 0 Å². The average molecular weight is 338 g/mol. The van der Waals surface area contributed by atoms with Crippen molar-refractivity contribution in [3.05, 3.63) is 42.0 Å². The maximum absolute atomic E-state index is 12.9. The van der Waals surface area contributed by atoms with Gasteiger partial charge in [-0.3, -0.25) is 4.79 Å². The molecule has 0 unspecified atom stereocenters. The summed E-state index contributed by atoms with van der Waals surface area (Å²) in [4.78, 5) is 12.3. The first kappa shape index (κ1) is 17.7. The predicted octanol–water partition coefficient (Wildman–Crippen LogP) is 1.19. The molecule has 23 heavy (non-hydrogen) atoms. The summed E-state index contributed by atoms with van der Waals surface area (Å²) in [5, 5.41) is 2.66. The van der Waals surface area contributed by atoms with E-state index >= 15 is 0 Å². The van der Waals surface area contributed by atoms with Crippen LogP contribution >= 0.6 is 0 Å². The van der Waals surface area contributed by atoms with E-state index in [1.54, 1.807) is 18.2 Å². The van der Waals surface area contributed by atoms with Crippen molar-refractivity contribution in [3.63, 3.8) is 0 Å². The second-order valence-corrected chi connectivity index (χ2v) is 7.10. The monoisotopic (exact) mass is 338 g/mol. The quantitative estimate of drug-likeness (QED) is 0.791. The van der Waals surface area contributed by atoms with Crippen LogP contribution in [0.4, 0.5) is 0 Å². The summed E-state index contributed by atoms with van der Waals surface area (Å²) in [6, 6.07) is 4.81. The second kappa shape index (κ2) is 7.72. The van der Waals surface area contributed by atoms with Gasteiger partial charge in [-0.1, -0.05) is 19.1 Å². The van der Waals surface area contributed by atoms with Crippen LogP contribution in [-0.2, 0) is 21.2 Å². The van der Waals surface area contributed by atoms with E-state index in [1.807, 2.05) is 6.92 Å². The van der Waals surface area contributed by atoms with Gasteiger partial charge < -0.3 is 10.1 Å². The molecule has 126 valence electrons. The number of nitrogens with one attached hydrogen (secondary N) is 1. The fourth-order valence-electron chi connectivity index (χ4n) is 2.42. The first-order chi connectivity index (χ1) is 11.0. The number of rotatable bonds is 6. The number of amides is 1. The van der Waals surface area contributed by atoms with Crippen molar-refractivity contribution in [2.75, 3.05) is 32.8 Å². The number of sulfonamides is 1. The summed E-state index contributed by atoms with van der Waals surface area (Å²) in [7, 11) is -3.63. The van der Waals surface area contributed by atoms with Gasteiger partial charge >= 0.3 is 0 Å². The molecular formula is C16H22N2O4S. The number of hydrogen-bond donors (Lipinski definition) is 1. The first-order valence-electron chi connectivity index (χ1n) is 7.60. The zero-order chi connectivity index (χ0) is 16.9. The second-order valence-electron chi connectivity index (χ2n) is 5.19. The maximum atomic E-state index is 12.9. The largest absolute Gasteiger partial charge is 0.379 e. The molecule has 0 spiro atoms. The number of carbonyl (C=O) groups is 1. The number of nitrogens with zero attached hydrogens (tertiary/aromatic N) is 1. The van der Waals surface area contributed by atoms with Crippen molar-refractivity contribution in [1.29, 1.82) is 0 Å². The fraction of sp³-hybridized carbons (Fsp3) is 0.438. The number of morpholine rings is 1. The lowest BCUT2D eigenvalue weighted by molar-refractivity contribution is 0.0730. The molecule has 6 nitrogen and oxygen atoms in total. The van der Waals surface area contributed by atoms with Gasteiger partial charge in [0.15, 0.2) is 0 Å². The Hall–Kier alpha value is -1.70. The molecule has 1 aromatic carbocycles. The predicted molar refractivity (Wildman–Crippen MR) is 87.9 cm³/mol. The Morgan fingerprint density at radius 3 is 2.70 bits per heavy atom. The fourth-order valence-corrected chi connectivity index (χ4v) is 4.15. The van der Waals surface area contributed by atoms with Crippen LogP contribution in [0.2, 0.25) is 0 Å². The molecule has 0 aromatic heterocycles. The molecule has 0 aliphatic carbocycles. The summed E-state index contributed by atoms with van der Waals surface area (Å²) < 4.78 is 32.4. The van der Waals surface area contributed by atoms with Gasteiger partial charge in [-0.05, 0) is 24.1 Å². The first-order valence-corrected chi connectivity index (χ1v) is 9.04. The van der Waals surface area contributed by atoms with E-state index in [0.29, 0.717) is 50.4 Å². The van der Waals surface area contributed by atoms with Crippen molar-refractivity contribution >= 4 is 15.9 Å². The lowest BCUT2D eigenvalue weighted by Gasteiger charge is -2.27. The van der Waals surface area contributed by atoms with Crippen LogP contribution < -0.4 is 5.32 Å². The number of ether oxygens (including phenoxy) is 1. The van der Waals surface area contributed by atoms with Crippen LogP contribution in [0, 0.1) is 0 Å². The van der Waals surface area contributed by atoms with E-state index in [9.17, 15) is 13.2 Å². The highest BCUT2D eigenvalue weighted by Gasteiger charge is 2.28. The third-order valence-electron chi connectivity index (χ3n) is 3.71. The molecule has 1 N–H and O–H groups in total. The van der Waals surface area contributed by atoms with Gasteiger partial charge in [0.25, 0.3) is 5.91 Å². The van der Waals surface area contributed by atoms with Crippen molar-refractivity contribution < 1.29 is 17.9 Å². The Bertz CT molecular complexity index is 679. The lowest BCUT2D eigenvalue weighted by atomic mass is 10.1. The molecule has 1 fully saturated rings. The van der Waals surface area contributed by atoms with Gasteiger partial charge in [0.2, 0.25) is 10.0 Å². The Morgan fingerprint density at radius 1 is 1.39 bits per heavy atom. The normalized spacial score (nSPS) is 16.0. The van der Waals surface area contributed by atoms with Crippen molar-refractivity contribution in [2.45, 2.75) is 18.2 Å². The van der Waals surface area contributed by atoms with E-state index < -0.39 is 10.0 Å². The van der Waals surface area contributed by atoms with E-state index in [4.69, 9.17) is 4.74 Å². The Labute approximate surface area is 137 Å². The van der Waals surface area contributed by atoms with Crippen LogP contribution in [0.25, 0.3) is 0 Å². The minimum absolute atomic E-state index is 0.202. The summed E-state index contributed by atoms with van der Waals surface area (Å²) in [6.45, 7) is 7.21. The molecule has 0 saturated carbocycles. The van der Waals surface area contributed by atoms with Gasteiger partial charge in [0, 0.05) is 25.2 Å². The lowest BCUT2D eigenvalue weighted by Crippen LogP contribution is -2.41. The molecule has 1 aliphatic rings. The molecule has 2 rings (SSSR count). The van der Waals surface area contributed by atoms with Crippen LogP contribution in [-0.4, -0.2) is 51.5 Å². The number of aryl methyl sites for hydroxylation is 1. The molecule has 1 amide bonds. The van der Waals surface area contributed by atoms with E-state index in [-0.39, 0.29) is 10.8 Å².